The average molecular weight is 595 g/mol. The molecule has 2 aromatic carbocycles. The van der Waals surface area contributed by atoms with Crippen molar-refractivity contribution in [3.63, 3.8) is 0 Å². The molecule has 0 bridgehead atoms. The van der Waals surface area contributed by atoms with Crippen molar-refractivity contribution in [1.82, 2.24) is 0 Å². The van der Waals surface area contributed by atoms with Gasteiger partial charge in [0.2, 0.25) is 0 Å². The van der Waals surface area contributed by atoms with Crippen LogP contribution in [0.5, 0.6) is 0 Å². The summed E-state index contributed by atoms with van der Waals surface area (Å²) in [7, 11) is 0. The molecule has 0 aliphatic heterocycles. The van der Waals surface area contributed by atoms with Crippen LogP contribution in [0.15, 0.2) is 60.7 Å². The molecule has 2 heteroatoms. The molecule has 0 fully saturated rings. The van der Waals surface area contributed by atoms with Crippen LogP contribution >= 0.6 is 26.3 Å². The summed E-state index contributed by atoms with van der Waals surface area (Å²) in [5, 5.41) is 3.26. The molecule has 0 spiro atoms. The van der Waals surface area contributed by atoms with E-state index in [-0.39, 0.29) is 0 Å². The van der Waals surface area contributed by atoms with Gasteiger partial charge < -0.3 is 0 Å². The van der Waals surface area contributed by atoms with Gasteiger partial charge in [-0.15, -0.1) is 0 Å². The van der Waals surface area contributed by atoms with Crippen molar-refractivity contribution < 1.29 is 0 Å². The maximum absolute atomic E-state index is 3.03. The van der Waals surface area contributed by atoms with Gasteiger partial charge in [-0.3, -0.25) is 0 Å². The molecule has 2 aromatic rings. The Bertz CT molecular complexity index is 679. The van der Waals surface area contributed by atoms with Crippen LogP contribution < -0.4 is 10.6 Å². The predicted molar refractivity (Wildman–Crippen MR) is 168 cm³/mol. The fourth-order valence-electron chi connectivity index (χ4n) is 5.47. The van der Waals surface area contributed by atoms with Crippen molar-refractivity contribution in [3.8, 4) is 0 Å². The number of halogens is 1. The average Bonchev–Trinajstić information content (AvgIpc) is 2.88. The molecule has 34 heavy (non-hydrogen) atoms. The molecule has 2 rings (SSSR count). The van der Waals surface area contributed by atoms with Gasteiger partial charge in [0.05, 0.1) is 0 Å². The van der Waals surface area contributed by atoms with E-state index in [0.29, 0.717) is 0 Å². The van der Waals surface area contributed by atoms with E-state index in [9.17, 15) is 0 Å². The zero-order valence-electron chi connectivity index (χ0n) is 22.3. The van der Waals surface area contributed by atoms with Crippen LogP contribution in [0.1, 0.15) is 117 Å². The fraction of sp³-hybridized carbons (Fsp3) is 0.625. The van der Waals surface area contributed by atoms with Crippen molar-refractivity contribution in [3.05, 3.63) is 60.7 Å². The van der Waals surface area contributed by atoms with Gasteiger partial charge in [-0.25, -0.2) is 0 Å². The van der Waals surface area contributed by atoms with Gasteiger partial charge in [-0.2, -0.15) is 0 Å². The van der Waals surface area contributed by atoms with Crippen LogP contribution in [-0.4, -0.2) is 12.3 Å². The molecule has 0 aliphatic rings. The zero-order chi connectivity index (χ0) is 24.4. The second-order valence-electron chi connectivity index (χ2n) is 10.4. The summed E-state index contributed by atoms with van der Waals surface area (Å²) in [4.78, 5) is 0. The molecule has 0 N–H and O–H groups in total. The second-order valence-corrected chi connectivity index (χ2v) is 22.1. The molecule has 0 nitrogen and oxygen atoms in total. The summed E-state index contributed by atoms with van der Waals surface area (Å²) >= 11 is 3.03. The van der Waals surface area contributed by atoms with Crippen molar-refractivity contribution in [2.24, 2.45) is 0 Å². The number of benzene rings is 2. The van der Waals surface area contributed by atoms with E-state index in [1.165, 1.54) is 115 Å². The summed E-state index contributed by atoms with van der Waals surface area (Å²) in [6, 6.07) is 23.3. The van der Waals surface area contributed by atoms with Crippen LogP contribution in [-0.2, 0) is 0 Å². The van der Waals surface area contributed by atoms with Gasteiger partial charge in [0.25, 0.3) is 0 Å². The molecular formula is C32H52IP. The molecule has 0 heterocycles. The Balaban J connectivity index is 2.09. The Morgan fingerprint density at radius 3 is 1.06 bits per heavy atom. The molecule has 0 radical (unpaired) electrons. The standard InChI is InChI=1S/C32H52IP/c1-3-5-7-9-11-13-15-23-29-34(33,31-25-19-17-20-26-31,32-27-21-18-22-28-32)30-24-16-14-12-10-8-6-4-2/h17-22,25-28H,3-16,23-24,29-30H2,1-2H3. The monoisotopic (exact) mass is 594 g/mol. The Morgan fingerprint density at radius 1 is 0.441 bits per heavy atom. The van der Waals surface area contributed by atoms with Crippen LogP contribution in [0.4, 0.5) is 0 Å². The van der Waals surface area contributed by atoms with Crippen molar-refractivity contribution in [2.45, 2.75) is 117 Å². The summed E-state index contributed by atoms with van der Waals surface area (Å²) in [5.41, 5.74) is 0. The first-order valence-electron chi connectivity index (χ1n) is 14.5. The van der Waals surface area contributed by atoms with Gasteiger partial charge >= 0.3 is 226 Å². The number of rotatable bonds is 20. The minimum absolute atomic E-state index is 1.34. The third-order valence-electron chi connectivity index (χ3n) is 7.65. The van der Waals surface area contributed by atoms with Crippen LogP contribution in [0.25, 0.3) is 0 Å². The van der Waals surface area contributed by atoms with E-state index >= 15 is 0 Å². The summed E-state index contributed by atoms with van der Waals surface area (Å²) in [5.74, 6) is 0. The second kappa shape index (κ2) is 17.1. The molecule has 0 saturated carbocycles. The molecule has 0 atom stereocenters. The van der Waals surface area contributed by atoms with Crippen molar-refractivity contribution >= 4 is 36.9 Å². The first kappa shape index (κ1) is 29.8. The summed E-state index contributed by atoms with van der Waals surface area (Å²) in [6.45, 7) is 4.62. The summed E-state index contributed by atoms with van der Waals surface area (Å²) in [6.07, 6.45) is 25.1. The molecule has 0 unspecified atom stereocenters. The van der Waals surface area contributed by atoms with E-state index in [0.717, 1.165) is 0 Å². The maximum atomic E-state index is 3.03. The molecule has 0 saturated heterocycles. The van der Waals surface area contributed by atoms with Gasteiger partial charge in [0, 0.05) is 0 Å². The molecular weight excluding hydrogens is 542 g/mol. The van der Waals surface area contributed by atoms with E-state index < -0.39 is 4.25 Å². The van der Waals surface area contributed by atoms with Gasteiger partial charge in [0.1, 0.15) is 0 Å². The quantitative estimate of drug-likeness (QED) is 0.0813. The van der Waals surface area contributed by atoms with Crippen LogP contribution in [0.3, 0.4) is 0 Å². The molecule has 0 amide bonds. The van der Waals surface area contributed by atoms with E-state index in [4.69, 9.17) is 0 Å². The number of unbranched alkanes of at least 4 members (excludes halogenated alkanes) is 14. The van der Waals surface area contributed by atoms with Crippen LogP contribution in [0.2, 0.25) is 0 Å². The zero-order valence-corrected chi connectivity index (χ0v) is 25.4. The molecule has 0 aliphatic carbocycles. The third-order valence-corrected chi connectivity index (χ3v) is 19.3. The first-order valence-corrected chi connectivity index (χ1v) is 19.9. The van der Waals surface area contributed by atoms with E-state index in [2.05, 4.69) is 96.6 Å². The van der Waals surface area contributed by atoms with Crippen molar-refractivity contribution in [2.75, 3.05) is 12.3 Å². The number of hydrogen-bond donors (Lipinski definition) is 0. The molecule has 0 aromatic heterocycles. The Morgan fingerprint density at radius 2 is 0.735 bits per heavy atom. The summed E-state index contributed by atoms with van der Waals surface area (Å²) < 4.78 is -2.25. The Hall–Kier alpha value is -0.400. The SMILES string of the molecule is CCCCCCCCCCP(I)(CCCCCCCCCC)(c1ccccc1)c1ccccc1. The third kappa shape index (κ3) is 9.57. The van der Waals surface area contributed by atoms with Gasteiger partial charge in [0.15, 0.2) is 0 Å². The van der Waals surface area contributed by atoms with Crippen LogP contribution in [0, 0.1) is 0 Å². The fourth-order valence-corrected chi connectivity index (χ4v) is 14.5. The normalized spacial score (nSPS) is 13.0. The van der Waals surface area contributed by atoms with E-state index in [1.54, 1.807) is 10.6 Å². The predicted octanol–water partition coefficient (Wildman–Crippen LogP) is 10.8. The van der Waals surface area contributed by atoms with E-state index in [1.807, 2.05) is 0 Å². The van der Waals surface area contributed by atoms with Gasteiger partial charge in [-0.05, 0) is 0 Å². The van der Waals surface area contributed by atoms with Gasteiger partial charge in [-0.1, -0.05) is 0 Å². The number of hydrogen-bond acceptors (Lipinski definition) is 0. The Labute approximate surface area is 225 Å². The first-order chi connectivity index (χ1) is 16.6. The minimum atomic E-state index is -2.25. The van der Waals surface area contributed by atoms with Crippen molar-refractivity contribution in [1.29, 1.82) is 0 Å². The molecule has 192 valence electrons. The topological polar surface area (TPSA) is 0 Å². The Kier molecular flexibility index (Phi) is 15.0.